The molecule has 0 aliphatic carbocycles. The molecule has 4 nitrogen and oxygen atoms in total. The molecule has 0 aromatic carbocycles. The molecule has 0 aliphatic heterocycles. The van der Waals surface area contributed by atoms with Crippen molar-refractivity contribution in [3.63, 3.8) is 0 Å². The van der Waals surface area contributed by atoms with Gasteiger partial charge in [0.15, 0.2) is 10.8 Å². The van der Waals surface area contributed by atoms with Crippen molar-refractivity contribution < 1.29 is 9.90 Å². The Kier molecular flexibility index (Phi) is 4.29. The third-order valence-electron chi connectivity index (χ3n) is 2.85. The first-order chi connectivity index (χ1) is 7.45. The third-order valence-corrected chi connectivity index (χ3v) is 3.75. The Balaban J connectivity index is 2.75. The Morgan fingerprint density at radius 2 is 2.19 bits per heavy atom. The average molecular weight is 242 g/mol. The van der Waals surface area contributed by atoms with Crippen molar-refractivity contribution in [2.24, 2.45) is 5.92 Å². The number of aromatic nitrogens is 1. The van der Waals surface area contributed by atoms with Crippen LogP contribution in [0.5, 0.6) is 0 Å². The second-order valence-electron chi connectivity index (χ2n) is 4.05. The Hall–Kier alpha value is -1.10. The van der Waals surface area contributed by atoms with Crippen LogP contribution in [-0.2, 0) is 0 Å². The van der Waals surface area contributed by atoms with Crippen LogP contribution < -0.4 is 5.32 Å². The minimum atomic E-state index is -0.960. The van der Waals surface area contributed by atoms with E-state index in [-0.39, 0.29) is 5.69 Å². The molecule has 2 atom stereocenters. The number of carbonyl (C=O) groups is 1. The molecule has 1 aromatic heterocycles. The van der Waals surface area contributed by atoms with Crippen LogP contribution in [0.3, 0.4) is 0 Å². The van der Waals surface area contributed by atoms with Gasteiger partial charge in [-0.3, -0.25) is 0 Å². The van der Waals surface area contributed by atoms with Crippen molar-refractivity contribution in [2.75, 3.05) is 5.32 Å². The minimum absolute atomic E-state index is 0.156. The van der Waals surface area contributed by atoms with Crippen LogP contribution in [0, 0.1) is 12.8 Å². The monoisotopic (exact) mass is 242 g/mol. The molecule has 1 rings (SSSR count). The summed E-state index contributed by atoms with van der Waals surface area (Å²) in [5, 5.41) is 12.8. The zero-order valence-electron chi connectivity index (χ0n) is 10.1. The zero-order chi connectivity index (χ0) is 12.3. The highest BCUT2D eigenvalue weighted by molar-refractivity contribution is 7.15. The maximum absolute atomic E-state index is 10.8. The molecule has 0 saturated carbocycles. The molecule has 1 aromatic rings. The van der Waals surface area contributed by atoms with E-state index in [1.807, 2.05) is 0 Å². The van der Waals surface area contributed by atoms with E-state index in [1.54, 1.807) is 6.92 Å². The van der Waals surface area contributed by atoms with Crippen molar-refractivity contribution in [2.45, 2.75) is 40.2 Å². The molecule has 2 unspecified atom stereocenters. The first-order valence-corrected chi connectivity index (χ1v) is 6.24. The highest BCUT2D eigenvalue weighted by Gasteiger charge is 2.16. The lowest BCUT2D eigenvalue weighted by Crippen LogP contribution is -2.23. The van der Waals surface area contributed by atoms with E-state index in [2.05, 4.69) is 31.1 Å². The fourth-order valence-electron chi connectivity index (χ4n) is 1.35. The summed E-state index contributed by atoms with van der Waals surface area (Å²) in [6, 6.07) is 0.303. The van der Waals surface area contributed by atoms with Crippen LogP contribution >= 0.6 is 11.3 Å². The van der Waals surface area contributed by atoms with Crippen LogP contribution in [-0.4, -0.2) is 22.1 Å². The van der Waals surface area contributed by atoms with Gasteiger partial charge in [-0.2, -0.15) is 0 Å². The van der Waals surface area contributed by atoms with Crippen LogP contribution in [0.25, 0.3) is 0 Å². The van der Waals surface area contributed by atoms with Gasteiger partial charge in [0, 0.05) is 10.9 Å². The molecule has 0 fully saturated rings. The quantitative estimate of drug-likeness (QED) is 0.833. The average Bonchev–Trinajstić information content (AvgIpc) is 2.58. The number of nitrogens with one attached hydrogen (secondary N) is 1. The molecule has 0 bridgehead atoms. The van der Waals surface area contributed by atoms with Gasteiger partial charge in [0.25, 0.3) is 0 Å². The number of aryl methyl sites for hydroxylation is 1. The predicted octanol–water partition coefficient (Wildman–Crippen LogP) is 3.00. The largest absolute Gasteiger partial charge is 0.476 e. The summed E-state index contributed by atoms with van der Waals surface area (Å²) >= 11 is 1.40. The highest BCUT2D eigenvalue weighted by Crippen LogP contribution is 2.24. The predicted molar refractivity (Wildman–Crippen MR) is 66.4 cm³/mol. The molecule has 0 amide bonds. The number of aromatic carboxylic acids is 1. The van der Waals surface area contributed by atoms with Crippen molar-refractivity contribution in [1.82, 2.24) is 4.98 Å². The van der Waals surface area contributed by atoms with Gasteiger partial charge in [0.1, 0.15) is 0 Å². The van der Waals surface area contributed by atoms with Crippen LogP contribution in [0.2, 0.25) is 0 Å². The summed E-state index contributed by atoms with van der Waals surface area (Å²) in [6.45, 7) is 8.17. The SMILES string of the molecule is CCC(C)C(C)Nc1nc(C(=O)O)c(C)s1. The van der Waals surface area contributed by atoms with Gasteiger partial charge in [-0.05, 0) is 19.8 Å². The lowest BCUT2D eigenvalue weighted by molar-refractivity contribution is 0.0690. The van der Waals surface area contributed by atoms with Gasteiger partial charge in [-0.15, -0.1) is 11.3 Å². The summed E-state index contributed by atoms with van der Waals surface area (Å²) in [5.41, 5.74) is 0.156. The Morgan fingerprint density at radius 3 is 2.62 bits per heavy atom. The molecule has 16 heavy (non-hydrogen) atoms. The number of nitrogens with zero attached hydrogens (tertiary/aromatic N) is 1. The molecular weight excluding hydrogens is 224 g/mol. The Labute approximate surface area is 99.7 Å². The molecule has 5 heteroatoms. The highest BCUT2D eigenvalue weighted by atomic mass is 32.1. The van der Waals surface area contributed by atoms with E-state index in [9.17, 15) is 4.79 Å². The van der Waals surface area contributed by atoms with E-state index >= 15 is 0 Å². The van der Waals surface area contributed by atoms with Crippen molar-refractivity contribution >= 4 is 22.4 Å². The summed E-state index contributed by atoms with van der Waals surface area (Å²) in [4.78, 5) is 15.6. The minimum Gasteiger partial charge on any atom is -0.476 e. The topological polar surface area (TPSA) is 62.2 Å². The van der Waals surface area contributed by atoms with Crippen LogP contribution in [0.1, 0.15) is 42.6 Å². The van der Waals surface area contributed by atoms with Crippen molar-refractivity contribution in [1.29, 1.82) is 0 Å². The number of rotatable bonds is 5. The second kappa shape index (κ2) is 5.30. The maximum atomic E-state index is 10.8. The Morgan fingerprint density at radius 1 is 1.56 bits per heavy atom. The molecule has 0 spiro atoms. The zero-order valence-corrected chi connectivity index (χ0v) is 10.9. The van der Waals surface area contributed by atoms with Crippen LogP contribution in [0.4, 0.5) is 5.13 Å². The number of hydrogen-bond donors (Lipinski definition) is 2. The summed E-state index contributed by atoms with van der Waals surface area (Å²) in [5.74, 6) is -0.421. The van der Waals surface area contributed by atoms with Crippen LogP contribution in [0.15, 0.2) is 0 Å². The lowest BCUT2D eigenvalue weighted by Gasteiger charge is -2.18. The van der Waals surface area contributed by atoms with E-state index in [1.165, 1.54) is 11.3 Å². The van der Waals surface area contributed by atoms with Gasteiger partial charge in [0.05, 0.1) is 0 Å². The van der Waals surface area contributed by atoms with Crippen molar-refractivity contribution in [3.8, 4) is 0 Å². The van der Waals surface area contributed by atoms with E-state index in [0.29, 0.717) is 17.1 Å². The first kappa shape index (κ1) is 13.0. The number of carboxylic acids is 1. The van der Waals surface area contributed by atoms with Gasteiger partial charge in [-0.1, -0.05) is 20.3 Å². The van der Waals surface area contributed by atoms with Gasteiger partial charge in [-0.25, -0.2) is 9.78 Å². The number of hydrogen-bond acceptors (Lipinski definition) is 4. The number of carboxylic acid groups (broad SMARTS) is 1. The standard InChI is InChI=1S/C11H18N2O2S/c1-5-6(2)7(3)12-11-13-9(10(14)15)8(4)16-11/h6-7H,5H2,1-4H3,(H,12,13)(H,14,15). The van der Waals surface area contributed by atoms with E-state index in [0.717, 1.165) is 11.3 Å². The first-order valence-electron chi connectivity index (χ1n) is 5.43. The van der Waals surface area contributed by atoms with Gasteiger partial charge >= 0.3 is 5.97 Å². The second-order valence-corrected chi connectivity index (χ2v) is 5.25. The lowest BCUT2D eigenvalue weighted by atomic mass is 10.0. The summed E-state index contributed by atoms with van der Waals surface area (Å²) < 4.78 is 0. The normalized spacial score (nSPS) is 14.5. The molecular formula is C11H18N2O2S. The molecule has 2 N–H and O–H groups in total. The molecule has 0 saturated heterocycles. The molecule has 1 heterocycles. The fourth-order valence-corrected chi connectivity index (χ4v) is 2.25. The van der Waals surface area contributed by atoms with Gasteiger partial charge < -0.3 is 10.4 Å². The Bertz CT molecular complexity index is 376. The molecule has 90 valence electrons. The van der Waals surface area contributed by atoms with E-state index in [4.69, 9.17) is 5.11 Å². The molecule has 0 radical (unpaired) electrons. The van der Waals surface area contributed by atoms with Crippen molar-refractivity contribution in [3.05, 3.63) is 10.6 Å². The molecule has 0 aliphatic rings. The number of thiazole rings is 1. The summed E-state index contributed by atoms with van der Waals surface area (Å²) in [7, 11) is 0. The summed E-state index contributed by atoms with van der Waals surface area (Å²) in [6.07, 6.45) is 1.09. The van der Waals surface area contributed by atoms with Gasteiger partial charge in [0.2, 0.25) is 0 Å². The third kappa shape index (κ3) is 2.95. The maximum Gasteiger partial charge on any atom is 0.355 e. The van der Waals surface area contributed by atoms with E-state index < -0.39 is 5.97 Å². The fraction of sp³-hybridized carbons (Fsp3) is 0.636. The number of anilines is 1. The smallest absolute Gasteiger partial charge is 0.355 e.